The van der Waals surface area contributed by atoms with Gasteiger partial charge in [-0.3, -0.25) is 4.79 Å². The summed E-state index contributed by atoms with van der Waals surface area (Å²) in [6.07, 6.45) is 0. The summed E-state index contributed by atoms with van der Waals surface area (Å²) < 4.78 is 17.2. The zero-order valence-electron chi connectivity index (χ0n) is 5.11. The molecule has 0 atom stereocenters. The lowest BCUT2D eigenvalue weighted by atomic mass is 10.2. The molecular weight excluding hydrogens is 125 g/mol. The van der Waals surface area contributed by atoms with Crippen molar-refractivity contribution in [3.8, 4) is 0 Å². The molecule has 52 valence electrons. The molecule has 3 nitrogen and oxygen atoms in total. The van der Waals surface area contributed by atoms with E-state index in [1.807, 2.05) is 0 Å². The van der Waals surface area contributed by atoms with Gasteiger partial charge in [0.15, 0.2) is 0 Å². The monoisotopic (exact) mass is 133 g/mol. The zero-order chi connectivity index (χ0) is 6.91. The number of ether oxygens (including phenoxy) is 1. The van der Waals surface area contributed by atoms with Crippen LogP contribution in [0, 0.1) is 0 Å². The summed E-state index contributed by atoms with van der Waals surface area (Å²) in [5.74, 6) is -1.94. The first-order chi connectivity index (χ1) is 4.12. The Bertz CT molecular complexity index is 133. The summed E-state index contributed by atoms with van der Waals surface area (Å²) in [4.78, 5) is 10.2. The van der Waals surface area contributed by atoms with Crippen LogP contribution in [0.4, 0.5) is 4.39 Å². The minimum absolute atomic E-state index is 0.0212. The van der Waals surface area contributed by atoms with E-state index in [-0.39, 0.29) is 19.1 Å². The average Bonchev–Trinajstić information content (AvgIpc) is 1.60. The third kappa shape index (κ3) is 1.38. The topological polar surface area (TPSA) is 38.3 Å². The van der Waals surface area contributed by atoms with Gasteiger partial charge in [0.2, 0.25) is 11.7 Å². The van der Waals surface area contributed by atoms with Gasteiger partial charge in [-0.05, 0) is 0 Å². The fourth-order valence-electron chi connectivity index (χ4n) is 0.669. The summed E-state index contributed by atoms with van der Waals surface area (Å²) >= 11 is 0. The van der Waals surface area contributed by atoms with Crippen LogP contribution >= 0.6 is 0 Å². The molecule has 1 aliphatic heterocycles. The quantitative estimate of drug-likeness (QED) is 0.504. The number of rotatable bonds is 1. The second-order valence-corrected chi connectivity index (χ2v) is 2.14. The van der Waals surface area contributed by atoms with Crippen LogP contribution in [0.5, 0.6) is 0 Å². The fourth-order valence-corrected chi connectivity index (χ4v) is 0.669. The van der Waals surface area contributed by atoms with E-state index >= 15 is 0 Å². The molecule has 0 aliphatic carbocycles. The highest BCUT2D eigenvalue weighted by molar-refractivity contribution is 5.73. The Balaban J connectivity index is 2.33. The van der Waals surface area contributed by atoms with Crippen molar-refractivity contribution in [1.82, 2.24) is 5.32 Å². The number of hydrogen-bond acceptors (Lipinski definition) is 2. The van der Waals surface area contributed by atoms with Crippen LogP contribution in [0.25, 0.3) is 0 Å². The third-order valence-corrected chi connectivity index (χ3v) is 1.06. The summed E-state index contributed by atoms with van der Waals surface area (Å²) in [5.41, 5.74) is 0. The van der Waals surface area contributed by atoms with E-state index < -0.39 is 5.79 Å². The molecule has 0 radical (unpaired) electrons. The van der Waals surface area contributed by atoms with Gasteiger partial charge in [-0.15, -0.1) is 0 Å². The highest BCUT2D eigenvalue weighted by atomic mass is 19.1. The zero-order valence-corrected chi connectivity index (χ0v) is 5.11. The molecule has 1 rings (SSSR count). The van der Waals surface area contributed by atoms with Gasteiger partial charge in [0.1, 0.15) is 13.2 Å². The maximum atomic E-state index is 12.7. The number of carbonyl (C=O) groups excluding carboxylic acids is 1. The highest BCUT2D eigenvalue weighted by Gasteiger charge is 2.39. The smallest absolute Gasteiger partial charge is 0.229 e. The van der Waals surface area contributed by atoms with Crippen LogP contribution in [0.3, 0.4) is 0 Å². The number of hydrogen-bond donors (Lipinski definition) is 1. The predicted molar refractivity (Wildman–Crippen MR) is 28.5 cm³/mol. The van der Waals surface area contributed by atoms with E-state index in [1.165, 1.54) is 6.92 Å². The van der Waals surface area contributed by atoms with E-state index in [0.29, 0.717) is 0 Å². The first-order valence-corrected chi connectivity index (χ1v) is 2.68. The van der Waals surface area contributed by atoms with Crippen molar-refractivity contribution in [3.63, 3.8) is 0 Å². The van der Waals surface area contributed by atoms with Gasteiger partial charge < -0.3 is 10.1 Å². The van der Waals surface area contributed by atoms with Gasteiger partial charge in [-0.2, -0.15) is 0 Å². The number of carbonyl (C=O) groups is 1. The van der Waals surface area contributed by atoms with E-state index in [9.17, 15) is 9.18 Å². The van der Waals surface area contributed by atoms with Gasteiger partial charge >= 0.3 is 0 Å². The molecule has 1 saturated heterocycles. The standard InChI is InChI=1S/C5H8FNO2/c1-4(8)7-5(6)2-9-3-5/h2-3H2,1H3,(H,7,8). The summed E-state index contributed by atoms with van der Waals surface area (Å²) in [7, 11) is 0. The van der Waals surface area contributed by atoms with Crippen molar-refractivity contribution < 1.29 is 13.9 Å². The Kier molecular flexibility index (Phi) is 1.40. The van der Waals surface area contributed by atoms with Gasteiger partial charge in [0.05, 0.1) is 0 Å². The van der Waals surface area contributed by atoms with Crippen LogP contribution in [-0.2, 0) is 9.53 Å². The molecule has 0 bridgehead atoms. The molecule has 0 unspecified atom stereocenters. The first kappa shape index (κ1) is 6.48. The van der Waals surface area contributed by atoms with E-state index in [2.05, 4.69) is 10.1 Å². The fraction of sp³-hybridized carbons (Fsp3) is 0.800. The van der Waals surface area contributed by atoms with Crippen molar-refractivity contribution in [1.29, 1.82) is 0 Å². The SMILES string of the molecule is CC(=O)NC1(F)COC1. The number of halogens is 1. The summed E-state index contributed by atoms with van der Waals surface area (Å²) in [5, 5.41) is 2.12. The molecule has 1 fully saturated rings. The van der Waals surface area contributed by atoms with Crippen molar-refractivity contribution >= 4 is 5.91 Å². The van der Waals surface area contributed by atoms with Gasteiger partial charge in [0, 0.05) is 6.92 Å². The van der Waals surface area contributed by atoms with E-state index in [1.54, 1.807) is 0 Å². The molecule has 9 heavy (non-hydrogen) atoms. The number of nitrogens with one attached hydrogen (secondary N) is 1. The van der Waals surface area contributed by atoms with Crippen molar-refractivity contribution in [2.45, 2.75) is 12.7 Å². The number of alkyl halides is 1. The molecule has 0 aromatic heterocycles. The van der Waals surface area contributed by atoms with Crippen LogP contribution in [0.1, 0.15) is 6.92 Å². The molecule has 0 aromatic carbocycles. The number of amides is 1. The van der Waals surface area contributed by atoms with Crippen LogP contribution < -0.4 is 5.32 Å². The molecular formula is C5H8FNO2. The van der Waals surface area contributed by atoms with Crippen molar-refractivity contribution in [2.24, 2.45) is 0 Å². The van der Waals surface area contributed by atoms with Crippen LogP contribution in [0.2, 0.25) is 0 Å². The highest BCUT2D eigenvalue weighted by Crippen LogP contribution is 2.17. The van der Waals surface area contributed by atoms with Gasteiger partial charge in [-0.1, -0.05) is 0 Å². The predicted octanol–water partition coefficient (Wildman–Crippen LogP) is -0.181. The normalized spacial score (nSPS) is 22.4. The summed E-state index contributed by atoms with van der Waals surface area (Å²) in [6.45, 7) is 1.23. The van der Waals surface area contributed by atoms with E-state index in [0.717, 1.165) is 0 Å². The molecule has 0 spiro atoms. The van der Waals surface area contributed by atoms with Gasteiger partial charge in [0.25, 0.3) is 0 Å². The Morgan fingerprint density at radius 3 is 2.44 bits per heavy atom. The minimum atomic E-state index is -1.58. The Hall–Kier alpha value is -0.640. The molecule has 4 heteroatoms. The Morgan fingerprint density at radius 2 is 2.33 bits per heavy atom. The molecule has 1 amide bonds. The molecule has 1 N–H and O–H groups in total. The Labute approximate surface area is 52.2 Å². The maximum absolute atomic E-state index is 12.7. The van der Waals surface area contributed by atoms with Crippen LogP contribution in [-0.4, -0.2) is 24.9 Å². The molecule has 0 saturated carbocycles. The molecule has 1 aliphatic rings. The van der Waals surface area contributed by atoms with Gasteiger partial charge in [-0.25, -0.2) is 4.39 Å². The Morgan fingerprint density at radius 1 is 1.78 bits per heavy atom. The molecule has 1 heterocycles. The minimum Gasteiger partial charge on any atom is -0.371 e. The third-order valence-electron chi connectivity index (χ3n) is 1.06. The van der Waals surface area contributed by atoms with Crippen LogP contribution in [0.15, 0.2) is 0 Å². The summed E-state index contributed by atoms with van der Waals surface area (Å²) in [6, 6.07) is 0. The second kappa shape index (κ2) is 1.95. The average molecular weight is 133 g/mol. The van der Waals surface area contributed by atoms with Crippen molar-refractivity contribution in [2.75, 3.05) is 13.2 Å². The van der Waals surface area contributed by atoms with E-state index in [4.69, 9.17) is 0 Å². The lowest BCUT2D eigenvalue weighted by Crippen LogP contribution is -2.58. The van der Waals surface area contributed by atoms with Crippen molar-refractivity contribution in [3.05, 3.63) is 0 Å². The maximum Gasteiger partial charge on any atom is 0.229 e. The second-order valence-electron chi connectivity index (χ2n) is 2.14. The lowest BCUT2D eigenvalue weighted by molar-refractivity contribution is -0.160. The molecule has 0 aromatic rings. The largest absolute Gasteiger partial charge is 0.371 e. The first-order valence-electron chi connectivity index (χ1n) is 2.68. The lowest BCUT2D eigenvalue weighted by Gasteiger charge is -2.33.